The molecular weight excluding hydrogens is 410 g/mol. The molecule has 0 saturated heterocycles. The van der Waals surface area contributed by atoms with Crippen molar-refractivity contribution in [1.82, 2.24) is 9.38 Å². The van der Waals surface area contributed by atoms with E-state index in [1.165, 1.54) is 29.2 Å². The molecule has 1 amide bonds. The van der Waals surface area contributed by atoms with Crippen molar-refractivity contribution in [3.8, 4) is 0 Å². The molecule has 3 rings (SSSR count). The van der Waals surface area contributed by atoms with Gasteiger partial charge in [0.2, 0.25) is 5.91 Å². The van der Waals surface area contributed by atoms with Crippen molar-refractivity contribution in [2.75, 3.05) is 11.1 Å². The van der Waals surface area contributed by atoms with Crippen LogP contribution in [0.15, 0.2) is 45.0 Å². The number of carbonyl (C=O) groups excluding carboxylic acids is 1. The third kappa shape index (κ3) is 4.06. The molecule has 0 unspecified atom stereocenters. The summed E-state index contributed by atoms with van der Waals surface area (Å²) in [5.41, 5.74) is 2.26. The molecule has 0 aliphatic rings. The number of hydrogen-bond acceptors (Lipinski definition) is 5. The van der Waals surface area contributed by atoms with Gasteiger partial charge >= 0.3 is 0 Å². The average molecular weight is 424 g/mol. The summed E-state index contributed by atoms with van der Waals surface area (Å²) in [4.78, 5) is 29.2. The molecule has 5 nitrogen and oxygen atoms in total. The maximum atomic E-state index is 12.1. The summed E-state index contributed by atoms with van der Waals surface area (Å²) in [6.07, 6.45) is 0. The Labute approximate surface area is 155 Å². The van der Waals surface area contributed by atoms with E-state index in [0.717, 1.165) is 15.9 Å². The zero-order valence-corrected chi connectivity index (χ0v) is 16.0. The lowest BCUT2D eigenvalue weighted by Gasteiger charge is -2.05. The van der Waals surface area contributed by atoms with Crippen LogP contribution in [0.5, 0.6) is 0 Å². The van der Waals surface area contributed by atoms with Gasteiger partial charge in [-0.1, -0.05) is 22.0 Å². The highest BCUT2D eigenvalue weighted by Gasteiger charge is 2.08. The number of carbonyl (C=O) groups is 1. The number of thioether (sulfide) groups is 1. The molecular formula is C16H14BrN3O2S2. The number of rotatable bonds is 5. The van der Waals surface area contributed by atoms with Crippen molar-refractivity contribution in [2.24, 2.45) is 0 Å². The SMILES string of the molecule is Cc1csc2nc(CSCC(=O)Nc3cccc(Br)c3)cc(=O)n12. The van der Waals surface area contributed by atoms with Gasteiger partial charge < -0.3 is 5.32 Å². The molecule has 0 saturated carbocycles. The molecule has 8 heteroatoms. The van der Waals surface area contributed by atoms with E-state index in [2.05, 4.69) is 26.2 Å². The lowest BCUT2D eigenvalue weighted by molar-refractivity contribution is -0.113. The van der Waals surface area contributed by atoms with Gasteiger partial charge in [-0.25, -0.2) is 4.98 Å². The Hall–Kier alpha value is -1.64. The number of fused-ring (bicyclic) bond motifs is 1. The van der Waals surface area contributed by atoms with Crippen LogP contribution >= 0.6 is 39.0 Å². The van der Waals surface area contributed by atoms with Gasteiger partial charge in [0.15, 0.2) is 4.96 Å². The standard InChI is InChI=1S/C16H14BrN3O2S2/c1-10-7-24-16-19-13(6-15(22)20(10)16)8-23-9-14(21)18-12-4-2-3-11(17)5-12/h2-7H,8-9H2,1H3,(H,18,21). The van der Waals surface area contributed by atoms with Crippen LogP contribution in [-0.4, -0.2) is 21.0 Å². The highest BCUT2D eigenvalue weighted by molar-refractivity contribution is 9.10. The molecule has 0 spiro atoms. The zero-order chi connectivity index (χ0) is 17.1. The maximum absolute atomic E-state index is 12.1. The number of hydrogen-bond donors (Lipinski definition) is 1. The van der Waals surface area contributed by atoms with Crippen molar-refractivity contribution >= 4 is 55.6 Å². The first-order valence-electron chi connectivity index (χ1n) is 7.13. The Morgan fingerprint density at radius 2 is 2.25 bits per heavy atom. The molecule has 0 aliphatic carbocycles. The molecule has 124 valence electrons. The summed E-state index contributed by atoms with van der Waals surface area (Å²) < 4.78 is 2.51. The summed E-state index contributed by atoms with van der Waals surface area (Å²) >= 11 is 6.24. The number of amides is 1. The van der Waals surface area contributed by atoms with Crippen molar-refractivity contribution in [3.63, 3.8) is 0 Å². The molecule has 3 aromatic rings. The smallest absolute Gasteiger partial charge is 0.258 e. The first kappa shape index (κ1) is 17.2. The number of thiazole rings is 1. The monoisotopic (exact) mass is 423 g/mol. The Kier molecular flexibility index (Phi) is 5.37. The minimum atomic E-state index is -0.0807. The molecule has 1 aromatic carbocycles. The van der Waals surface area contributed by atoms with E-state index in [1.807, 2.05) is 36.6 Å². The summed E-state index contributed by atoms with van der Waals surface area (Å²) in [7, 11) is 0. The van der Waals surface area contributed by atoms with Crippen LogP contribution in [0.4, 0.5) is 5.69 Å². The van der Waals surface area contributed by atoms with Gasteiger partial charge in [0, 0.05) is 33.1 Å². The molecule has 0 fully saturated rings. The van der Waals surface area contributed by atoms with Crippen molar-refractivity contribution in [2.45, 2.75) is 12.7 Å². The topological polar surface area (TPSA) is 63.5 Å². The third-order valence-corrected chi connectivity index (χ3v) is 5.62. The fourth-order valence-electron chi connectivity index (χ4n) is 2.19. The lowest BCUT2D eigenvalue weighted by atomic mass is 10.3. The fourth-order valence-corrected chi connectivity index (χ4v) is 4.19. The van der Waals surface area contributed by atoms with Crippen molar-refractivity contribution in [3.05, 3.63) is 61.9 Å². The molecule has 0 atom stereocenters. The maximum Gasteiger partial charge on any atom is 0.258 e. The largest absolute Gasteiger partial charge is 0.325 e. The number of nitrogens with zero attached hydrogens (tertiary/aromatic N) is 2. The van der Waals surface area contributed by atoms with Crippen LogP contribution in [0.1, 0.15) is 11.4 Å². The summed E-state index contributed by atoms with van der Waals surface area (Å²) in [6.45, 7) is 1.88. The number of nitrogens with one attached hydrogen (secondary N) is 1. The van der Waals surface area contributed by atoms with E-state index in [0.29, 0.717) is 22.2 Å². The van der Waals surface area contributed by atoms with Crippen LogP contribution in [0.25, 0.3) is 4.96 Å². The van der Waals surface area contributed by atoms with E-state index in [-0.39, 0.29) is 11.5 Å². The van der Waals surface area contributed by atoms with Crippen LogP contribution < -0.4 is 10.9 Å². The number of halogens is 1. The second-order valence-corrected chi connectivity index (χ2v) is 7.87. The molecule has 0 aliphatic heterocycles. The second-order valence-electron chi connectivity index (χ2n) is 5.13. The van der Waals surface area contributed by atoms with Crippen molar-refractivity contribution in [1.29, 1.82) is 0 Å². The van der Waals surface area contributed by atoms with Crippen LogP contribution in [0.3, 0.4) is 0 Å². The fraction of sp³-hybridized carbons (Fsp3) is 0.188. The highest BCUT2D eigenvalue weighted by Crippen LogP contribution is 2.17. The van der Waals surface area contributed by atoms with Crippen molar-refractivity contribution < 1.29 is 4.79 Å². The van der Waals surface area contributed by atoms with Gasteiger partial charge in [0.05, 0.1) is 11.4 Å². The van der Waals surface area contributed by atoms with Crippen LogP contribution in [-0.2, 0) is 10.5 Å². The summed E-state index contributed by atoms with van der Waals surface area (Å²) in [6, 6.07) is 8.98. The van der Waals surface area contributed by atoms with Gasteiger partial charge in [0.25, 0.3) is 5.56 Å². The minimum Gasteiger partial charge on any atom is -0.325 e. The molecule has 2 aromatic heterocycles. The van der Waals surface area contributed by atoms with Gasteiger partial charge in [-0.15, -0.1) is 23.1 Å². The molecule has 0 radical (unpaired) electrons. The van der Waals surface area contributed by atoms with Gasteiger partial charge in [-0.3, -0.25) is 14.0 Å². The predicted molar refractivity (Wildman–Crippen MR) is 103 cm³/mol. The quantitative estimate of drug-likeness (QED) is 0.679. The number of anilines is 1. The Morgan fingerprint density at radius 1 is 1.42 bits per heavy atom. The Morgan fingerprint density at radius 3 is 3.04 bits per heavy atom. The summed E-state index contributed by atoms with van der Waals surface area (Å²) in [5, 5.41) is 4.75. The van der Waals surface area contributed by atoms with E-state index >= 15 is 0 Å². The van der Waals surface area contributed by atoms with E-state index in [9.17, 15) is 9.59 Å². The predicted octanol–water partition coefficient (Wildman–Crippen LogP) is 3.70. The Bertz CT molecular complexity index is 952. The van der Waals surface area contributed by atoms with E-state index in [4.69, 9.17) is 0 Å². The number of aromatic nitrogens is 2. The third-order valence-electron chi connectivity index (χ3n) is 3.22. The lowest BCUT2D eigenvalue weighted by Crippen LogP contribution is -2.16. The van der Waals surface area contributed by atoms with Gasteiger partial charge in [0.1, 0.15) is 0 Å². The Balaban J connectivity index is 1.58. The number of benzene rings is 1. The normalized spacial score (nSPS) is 10.9. The van der Waals surface area contributed by atoms with Gasteiger partial charge in [-0.05, 0) is 25.1 Å². The van der Waals surface area contributed by atoms with E-state index in [1.54, 1.807) is 4.40 Å². The summed E-state index contributed by atoms with van der Waals surface area (Å²) in [5.74, 6) is 0.744. The first-order chi connectivity index (χ1) is 11.5. The number of aryl methyl sites for hydroxylation is 1. The highest BCUT2D eigenvalue weighted by atomic mass is 79.9. The molecule has 1 N–H and O–H groups in total. The van der Waals surface area contributed by atoms with Gasteiger partial charge in [-0.2, -0.15) is 0 Å². The first-order valence-corrected chi connectivity index (χ1v) is 9.95. The van der Waals surface area contributed by atoms with Crippen LogP contribution in [0, 0.1) is 6.92 Å². The average Bonchev–Trinajstić information content (AvgIpc) is 2.89. The molecule has 0 bridgehead atoms. The minimum absolute atomic E-state index is 0.0760. The van der Waals surface area contributed by atoms with E-state index < -0.39 is 0 Å². The second kappa shape index (κ2) is 7.50. The van der Waals surface area contributed by atoms with Crippen LogP contribution in [0.2, 0.25) is 0 Å². The molecule has 24 heavy (non-hydrogen) atoms. The zero-order valence-electron chi connectivity index (χ0n) is 12.8. The molecule has 2 heterocycles.